The van der Waals surface area contributed by atoms with Crippen LogP contribution < -0.4 is 10.6 Å². The Morgan fingerprint density at radius 1 is 1.42 bits per heavy atom. The van der Waals surface area contributed by atoms with E-state index in [-0.39, 0.29) is 12.5 Å². The van der Waals surface area contributed by atoms with Crippen molar-refractivity contribution >= 4 is 17.7 Å². The Morgan fingerprint density at radius 2 is 2.11 bits per heavy atom. The molecule has 0 bridgehead atoms. The molecule has 1 fully saturated rings. The van der Waals surface area contributed by atoms with Gasteiger partial charge < -0.3 is 15.7 Å². The second-order valence-corrected chi connectivity index (χ2v) is 4.63. The molecule has 2 amide bonds. The summed E-state index contributed by atoms with van der Waals surface area (Å²) in [5.41, 5.74) is 7.09. The van der Waals surface area contributed by atoms with Crippen molar-refractivity contribution in [2.24, 2.45) is 5.73 Å². The van der Waals surface area contributed by atoms with Gasteiger partial charge in [-0.25, -0.2) is 4.79 Å². The van der Waals surface area contributed by atoms with Gasteiger partial charge in [0.05, 0.1) is 0 Å². The van der Waals surface area contributed by atoms with E-state index in [1.807, 2.05) is 24.3 Å². The fourth-order valence-electron chi connectivity index (χ4n) is 2.14. The SMILES string of the molecule is CN1CCN(c2ccccc2CC(N)C(=O)O)C1=O. The van der Waals surface area contributed by atoms with Crippen LogP contribution in [0.15, 0.2) is 24.3 Å². The Labute approximate surface area is 111 Å². The van der Waals surface area contributed by atoms with E-state index >= 15 is 0 Å². The number of hydrogen-bond donors (Lipinski definition) is 2. The first-order valence-electron chi connectivity index (χ1n) is 6.09. The van der Waals surface area contributed by atoms with E-state index in [1.54, 1.807) is 16.8 Å². The van der Waals surface area contributed by atoms with Crippen LogP contribution in [0.25, 0.3) is 0 Å². The van der Waals surface area contributed by atoms with Crippen LogP contribution in [0.1, 0.15) is 5.56 Å². The van der Waals surface area contributed by atoms with Crippen molar-refractivity contribution in [1.29, 1.82) is 0 Å². The summed E-state index contributed by atoms with van der Waals surface area (Å²) in [6.45, 7) is 1.27. The summed E-state index contributed by atoms with van der Waals surface area (Å²) in [7, 11) is 1.74. The Bertz CT molecular complexity index is 504. The minimum atomic E-state index is -1.04. The number of hydrogen-bond acceptors (Lipinski definition) is 3. The van der Waals surface area contributed by atoms with Gasteiger partial charge in [-0.3, -0.25) is 9.69 Å². The zero-order valence-electron chi connectivity index (χ0n) is 10.7. The number of benzene rings is 1. The highest BCUT2D eigenvalue weighted by molar-refractivity contribution is 5.94. The molecule has 2 rings (SSSR count). The molecule has 3 N–H and O–H groups in total. The molecule has 1 aromatic carbocycles. The number of anilines is 1. The number of nitrogens with two attached hydrogens (primary N) is 1. The molecule has 6 nitrogen and oxygen atoms in total. The quantitative estimate of drug-likeness (QED) is 0.828. The van der Waals surface area contributed by atoms with Crippen molar-refractivity contribution in [3.63, 3.8) is 0 Å². The molecule has 0 spiro atoms. The number of carbonyl (C=O) groups is 2. The maximum atomic E-state index is 12.0. The largest absolute Gasteiger partial charge is 0.480 e. The summed E-state index contributed by atoms with van der Waals surface area (Å²) in [5.74, 6) is -1.04. The number of nitrogens with zero attached hydrogens (tertiary/aromatic N) is 2. The van der Waals surface area contributed by atoms with E-state index in [1.165, 1.54) is 0 Å². The number of carboxylic acids is 1. The number of urea groups is 1. The first-order valence-corrected chi connectivity index (χ1v) is 6.09. The molecule has 1 heterocycles. The van der Waals surface area contributed by atoms with Gasteiger partial charge in [0.2, 0.25) is 0 Å². The van der Waals surface area contributed by atoms with Crippen LogP contribution in [-0.4, -0.2) is 48.2 Å². The van der Waals surface area contributed by atoms with E-state index in [0.29, 0.717) is 13.1 Å². The fourth-order valence-corrected chi connectivity index (χ4v) is 2.14. The topological polar surface area (TPSA) is 86.9 Å². The van der Waals surface area contributed by atoms with Crippen LogP contribution in [0, 0.1) is 0 Å². The molecule has 1 atom stereocenters. The normalized spacial score (nSPS) is 16.8. The third-order valence-electron chi connectivity index (χ3n) is 3.26. The Morgan fingerprint density at radius 3 is 2.68 bits per heavy atom. The summed E-state index contributed by atoms with van der Waals surface area (Å²) in [5, 5.41) is 8.88. The van der Waals surface area contributed by atoms with E-state index in [0.717, 1.165) is 11.3 Å². The van der Waals surface area contributed by atoms with Gasteiger partial charge in [-0.1, -0.05) is 18.2 Å². The zero-order chi connectivity index (χ0) is 14.0. The number of rotatable bonds is 4. The van der Waals surface area contributed by atoms with E-state index in [4.69, 9.17) is 10.8 Å². The van der Waals surface area contributed by atoms with Crippen LogP contribution in [0.4, 0.5) is 10.5 Å². The lowest BCUT2D eigenvalue weighted by atomic mass is 10.0. The third-order valence-corrected chi connectivity index (χ3v) is 3.26. The van der Waals surface area contributed by atoms with Crippen LogP contribution >= 0.6 is 0 Å². The van der Waals surface area contributed by atoms with Crippen molar-refractivity contribution < 1.29 is 14.7 Å². The second-order valence-electron chi connectivity index (χ2n) is 4.63. The van der Waals surface area contributed by atoms with E-state index < -0.39 is 12.0 Å². The van der Waals surface area contributed by atoms with E-state index in [9.17, 15) is 9.59 Å². The summed E-state index contributed by atoms with van der Waals surface area (Å²) in [6, 6.07) is 6.24. The maximum absolute atomic E-state index is 12.0. The highest BCUT2D eigenvalue weighted by Crippen LogP contribution is 2.25. The molecule has 6 heteroatoms. The average molecular weight is 263 g/mol. The van der Waals surface area contributed by atoms with Crippen LogP contribution in [0.2, 0.25) is 0 Å². The minimum Gasteiger partial charge on any atom is -0.480 e. The monoisotopic (exact) mass is 263 g/mol. The zero-order valence-corrected chi connectivity index (χ0v) is 10.7. The van der Waals surface area contributed by atoms with Gasteiger partial charge in [0.25, 0.3) is 0 Å². The van der Waals surface area contributed by atoms with Gasteiger partial charge in [0.15, 0.2) is 0 Å². The highest BCUT2D eigenvalue weighted by Gasteiger charge is 2.28. The van der Waals surface area contributed by atoms with Crippen molar-refractivity contribution in [2.45, 2.75) is 12.5 Å². The molecule has 0 radical (unpaired) electrons. The van der Waals surface area contributed by atoms with E-state index in [2.05, 4.69) is 0 Å². The maximum Gasteiger partial charge on any atom is 0.324 e. The number of aliphatic carboxylic acids is 1. The molecule has 102 valence electrons. The number of para-hydroxylation sites is 1. The van der Waals surface area contributed by atoms with Crippen LogP contribution in [0.3, 0.4) is 0 Å². The first-order chi connectivity index (χ1) is 9.00. The summed E-state index contributed by atoms with van der Waals surface area (Å²) in [6.07, 6.45) is 0.207. The van der Waals surface area contributed by atoms with Gasteiger partial charge in [0, 0.05) is 32.2 Å². The summed E-state index contributed by atoms with van der Waals surface area (Å²) < 4.78 is 0. The Hall–Kier alpha value is -2.08. The molecule has 1 saturated heterocycles. The lowest BCUT2D eigenvalue weighted by Crippen LogP contribution is -2.34. The molecule has 19 heavy (non-hydrogen) atoms. The molecule has 1 aromatic rings. The Kier molecular flexibility index (Phi) is 3.71. The number of amides is 2. The molecule has 0 aromatic heterocycles. The Balaban J connectivity index is 2.26. The lowest BCUT2D eigenvalue weighted by molar-refractivity contribution is -0.138. The molecular formula is C13H17N3O3. The molecule has 0 saturated carbocycles. The molecular weight excluding hydrogens is 246 g/mol. The van der Waals surface area contributed by atoms with Crippen LogP contribution in [-0.2, 0) is 11.2 Å². The molecule has 1 aliphatic rings. The molecule has 1 aliphatic heterocycles. The van der Waals surface area contributed by atoms with Gasteiger partial charge in [0.1, 0.15) is 6.04 Å². The number of carboxylic acid groups (broad SMARTS) is 1. The third kappa shape index (κ3) is 2.68. The number of carbonyl (C=O) groups excluding carboxylic acids is 1. The summed E-state index contributed by atoms with van der Waals surface area (Å²) in [4.78, 5) is 26.1. The smallest absolute Gasteiger partial charge is 0.324 e. The van der Waals surface area contributed by atoms with Crippen molar-refractivity contribution in [1.82, 2.24) is 4.90 Å². The van der Waals surface area contributed by atoms with Crippen molar-refractivity contribution in [2.75, 3.05) is 25.0 Å². The number of likely N-dealkylation sites (N-methyl/N-ethyl adjacent to an activating group) is 1. The van der Waals surface area contributed by atoms with Gasteiger partial charge >= 0.3 is 12.0 Å². The summed E-state index contributed by atoms with van der Waals surface area (Å²) >= 11 is 0. The van der Waals surface area contributed by atoms with Gasteiger partial charge in [-0.15, -0.1) is 0 Å². The van der Waals surface area contributed by atoms with Gasteiger partial charge in [-0.05, 0) is 11.6 Å². The van der Waals surface area contributed by atoms with Crippen molar-refractivity contribution in [3.8, 4) is 0 Å². The predicted octanol–water partition coefficient (Wildman–Crippen LogP) is 0.513. The van der Waals surface area contributed by atoms with Crippen LogP contribution in [0.5, 0.6) is 0 Å². The van der Waals surface area contributed by atoms with Crippen molar-refractivity contribution in [3.05, 3.63) is 29.8 Å². The molecule has 1 unspecified atom stereocenters. The second kappa shape index (κ2) is 5.27. The highest BCUT2D eigenvalue weighted by atomic mass is 16.4. The predicted molar refractivity (Wildman–Crippen MR) is 71.1 cm³/mol. The van der Waals surface area contributed by atoms with Gasteiger partial charge in [-0.2, -0.15) is 0 Å². The standard InChI is InChI=1S/C13H17N3O3/c1-15-6-7-16(13(15)19)11-5-3-2-4-9(11)8-10(14)12(17)18/h2-5,10H,6-8,14H2,1H3,(H,17,18). The first kappa shape index (κ1) is 13.4. The molecule has 0 aliphatic carbocycles. The fraction of sp³-hybridized carbons (Fsp3) is 0.385. The minimum absolute atomic E-state index is 0.0728. The lowest BCUT2D eigenvalue weighted by Gasteiger charge is -2.20. The average Bonchev–Trinajstić information content (AvgIpc) is 2.71.